The molecule has 8 heteroatoms. The first-order valence-electron chi connectivity index (χ1n) is 10.5. The molecule has 1 fully saturated rings. The Hall–Kier alpha value is -2.62. The van der Waals surface area contributed by atoms with Gasteiger partial charge in [0.1, 0.15) is 12.2 Å². The van der Waals surface area contributed by atoms with Gasteiger partial charge in [0.15, 0.2) is 0 Å². The Morgan fingerprint density at radius 3 is 2.38 bits per heavy atom. The van der Waals surface area contributed by atoms with Crippen molar-refractivity contribution in [3.05, 3.63) is 59.0 Å². The van der Waals surface area contributed by atoms with Crippen molar-refractivity contribution < 1.29 is 29.6 Å². The molecule has 4 atom stereocenters. The highest BCUT2D eigenvalue weighted by molar-refractivity contribution is 5.73. The highest BCUT2D eigenvalue weighted by Crippen LogP contribution is 2.37. The minimum absolute atomic E-state index is 0.200. The Morgan fingerprint density at radius 2 is 1.75 bits per heavy atom. The summed E-state index contributed by atoms with van der Waals surface area (Å²) in [6.07, 6.45) is -2.98. The minimum Gasteiger partial charge on any atom is -0.421 e. The molecule has 1 saturated heterocycles. The second-order valence-corrected chi connectivity index (χ2v) is 7.83. The normalized spacial score (nSPS) is 22.9. The topological polar surface area (TPSA) is 129 Å². The Labute approximate surface area is 187 Å². The maximum absolute atomic E-state index is 10.5. The highest BCUT2D eigenvalue weighted by atomic mass is 16.5. The molecule has 0 saturated carbocycles. The van der Waals surface area contributed by atoms with Crippen LogP contribution >= 0.6 is 0 Å². The van der Waals surface area contributed by atoms with Crippen LogP contribution in [0.1, 0.15) is 35.1 Å². The van der Waals surface area contributed by atoms with Crippen LogP contribution in [0.2, 0.25) is 0 Å². The van der Waals surface area contributed by atoms with E-state index in [1.807, 2.05) is 44.2 Å². The number of aromatic nitrogens is 2. The monoisotopic (exact) mass is 442 g/mol. The Balaban J connectivity index is 0.00000141. The molecule has 3 unspecified atom stereocenters. The van der Waals surface area contributed by atoms with Gasteiger partial charge in [0.05, 0.1) is 18.8 Å². The second-order valence-electron chi connectivity index (χ2n) is 7.83. The van der Waals surface area contributed by atoms with Crippen LogP contribution in [0.25, 0.3) is 22.6 Å². The lowest BCUT2D eigenvalue weighted by Gasteiger charge is -2.37. The number of ether oxygens (including phenoxy) is 1. The van der Waals surface area contributed by atoms with Crippen molar-refractivity contribution in [2.24, 2.45) is 0 Å². The third-order valence-electron chi connectivity index (χ3n) is 5.73. The van der Waals surface area contributed by atoms with E-state index in [0.717, 1.165) is 40.5 Å². The van der Waals surface area contributed by atoms with Crippen molar-refractivity contribution >= 4 is 0 Å². The zero-order chi connectivity index (χ0) is 23.4. The summed E-state index contributed by atoms with van der Waals surface area (Å²) in [5, 5.41) is 45.2. The predicted octanol–water partition coefficient (Wildman–Crippen LogP) is 2.48. The molecular weight excluding hydrogens is 412 g/mol. The number of aliphatic hydroxyl groups excluding tert-OH is 4. The van der Waals surface area contributed by atoms with Gasteiger partial charge in [-0.25, -0.2) is 0 Å². The first kappa shape index (κ1) is 24.0. The maximum atomic E-state index is 10.5. The number of aliphatic hydroxyl groups is 4. The van der Waals surface area contributed by atoms with Gasteiger partial charge in [-0.3, -0.25) is 0 Å². The molecular formula is C24H30N2O6. The zero-order valence-corrected chi connectivity index (χ0v) is 18.7. The summed E-state index contributed by atoms with van der Waals surface area (Å²) < 4.78 is 11.4. The number of benzene rings is 2. The van der Waals surface area contributed by atoms with E-state index in [0.29, 0.717) is 11.8 Å². The molecule has 0 spiro atoms. The van der Waals surface area contributed by atoms with Crippen LogP contribution < -0.4 is 0 Å². The molecule has 0 amide bonds. The summed E-state index contributed by atoms with van der Waals surface area (Å²) in [5.41, 5.74) is 5.65. The van der Waals surface area contributed by atoms with Gasteiger partial charge in [-0.15, -0.1) is 10.2 Å². The van der Waals surface area contributed by atoms with Gasteiger partial charge in [0.2, 0.25) is 11.8 Å². The lowest BCUT2D eigenvalue weighted by molar-refractivity contribution is -0.179. The van der Waals surface area contributed by atoms with Crippen molar-refractivity contribution in [1.29, 1.82) is 0 Å². The van der Waals surface area contributed by atoms with Crippen LogP contribution in [0.5, 0.6) is 0 Å². The van der Waals surface area contributed by atoms with E-state index in [1.54, 1.807) is 6.92 Å². The van der Waals surface area contributed by atoms with Crippen molar-refractivity contribution in [3.63, 3.8) is 0 Å². The first-order valence-corrected chi connectivity index (χ1v) is 10.5. The van der Waals surface area contributed by atoms with Crippen molar-refractivity contribution in [2.75, 3.05) is 13.7 Å². The molecule has 0 bridgehead atoms. The van der Waals surface area contributed by atoms with Crippen LogP contribution in [0.4, 0.5) is 0 Å². The molecule has 2 aromatic carbocycles. The fourth-order valence-corrected chi connectivity index (χ4v) is 4.08. The summed E-state index contributed by atoms with van der Waals surface area (Å²) >= 11 is 0. The van der Waals surface area contributed by atoms with E-state index < -0.39 is 24.4 Å². The molecule has 1 aromatic heterocycles. The Kier molecular flexibility index (Phi) is 7.76. The molecule has 3 aromatic rings. The fourth-order valence-electron chi connectivity index (χ4n) is 4.08. The van der Waals surface area contributed by atoms with Gasteiger partial charge in [-0.05, 0) is 47.7 Å². The van der Waals surface area contributed by atoms with Gasteiger partial charge in [0.25, 0.3) is 0 Å². The van der Waals surface area contributed by atoms with Gasteiger partial charge in [-0.1, -0.05) is 30.3 Å². The summed E-state index contributed by atoms with van der Waals surface area (Å²) in [5.74, 6) is 1.01. The maximum Gasteiger partial charge on any atom is 0.247 e. The van der Waals surface area contributed by atoms with Crippen LogP contribution in [-0.4, -0.2) is 62.7 Å². The molecule has 4 N–H and O–H groups in total. The largest absolute Gasteiger partial charge is 0.421 e. The number of rotatable bonds is 4. The number of hydrogen-bond acceptors (Lipinski definition) is 8. The average molecular weight is 443 g/mol. The van der Waals surface area contributed by atoms with Crippen LogP contribution in [-0.2, 0) is 4.74 Å². The molecule has 1 aliphatic heterocycles. The second kappa shape index (κ2) is 10.3. The van der Waals surface area contributed by atoms with E-state index in [1.165, 1.54) is 0 Å². The summed E-state index contributed by atoms with van der Waals surface area (Å²) in [6.45, 7) is 5.53. The van der Waals surface area contributed by atoms with Crippen molar-refractivity contribution in [2.45, 2.75) is 51.6 Å². The van der Waals surface area contributed by atoms with E-state index in [-0.39, 0.29) is 13.0 Å². The molecule has 8 nitrogen and oxygen atoms in total. The summed E-state index contributed by atoms with van der Waals surface area (Å²) in [4.78, 5) is 0. The molecule has 4 rings (SSSR count). The summed E-state index contributed by atoms with van der Waals surface area (Å²) in [6, 6.07) is 11.8. The zero-order valence-electron chi connectivity index (χ0n) is 18.7. The van der Waals surface area contributed by atoms with E-state index in [4.69, 9.17) is 14.3 Å². The number of hydrogen-bond donors (Lipinski definition) is 4. The van der Waals surface area contributed by atoms with Crippen LogP contribution in [0.15, 0.2) is 40.8 Å². The standard InChI is InChI=1S/C23H26N2O5.CH4O/c1-12-9-15(7-8-17(12)23-25-24-14(3)29-23)18-5-4-6-19(13(18)2)22-21(28)20(27)10-16(11-26)30-22;1-2/h4-9,16,20-22,26-28H,10-11H2,1-3H3;2H,1H3/t16?,20?,21?,22-;/m1./s1. The first-order chi connectivity index (χ1) is 15.4. The van der Waals surface area contributed by atoms with Crippen LogP contribution in [0, 0.1) is 20.8 Å². The highest BCUT2D eigenvalue weighted by Gasteiger charge is 2.38. The van der Waals surface area contributed by atoms with Gasteiger partial charge >= 0.3 is 0 Å². The quantitative estimate of drug-likeness (QED) is 0.485. The average Bonchev–Trinajstić information content (AvgIpc) is 3.23. The number of nitrogens with zero attached hydrogens (tertiary/aromatic N) is 2. The fraction of sp³-hybridized carbons (Fsp3) is 0.417. The van der Waals surface area contributed by atoms with Crippen molar-refractivity contribution in [3.8, 4) is 22.6 Å². The van der Waals surface area contributed by atoms with E-state index >= 15 is 0 Å². The molecule has 2 heterocycles. The van der Waals surface area contributed by atoms with E-state index in [9.17, 15) is 15.3 Å². The lowest BCUT2D eigenvalue weighted by atomic mass is 9.87. The van der Waals surface area contributed by atoms with Gasteiger partial charge in [0, 0.05) is 26.0 Å². The SMILES string of the molecule is CO.Cc1nnc(-c2ccc(-c3cccc([C@H]4OC(CO)CC(O)C4O)c3C)cc2C)o1. The summed E-state index contributed by atoms with van der Waals surface area (Å²) in [7, 11) is 1.00. The third kappa shape index (κ3) is 4.74. The Bertz CT molecular complexity index is 1050. The molecule has 1 aliphatic rings. The molecule has 0 radical (unpaired) electrons. The van der Waals surface area contributed by atoms with Crippen LogP contribution in [0.3, 0.4) is 0 Å². The van der Waals surface area contributed by atoms with E-state index in [2.05, 4.69) is 16.3 Å². The van der Waals surface area contributed by atoms with Gasteiger partial charge < -0.3 is 29.6 Å². The van der Waals surface area contributed by atoms with Gasteiger partial charge in [-0.2, -0.15) is 0 Å². The molecule has 172 valence electrons. The lowest BCUT2D eigenvalue weighted by Crippen LogP contribution is -2.44. The molecule has 0 aliphatic carbocycles. The predicted molar refractivity (Wildman–Crippen MR) is 119 cm³/mol. The minimum atomic E-state index is -1.05. The Morgan fingerprint density at radius 1 is 1.00 bits per heavy atom. The third-order valence-corrected chi connectivity index (χ3v) is 5.73. The smallest absolute Gasteiger partial charge is 0.247 e. The van der Waals surface area contributed by atoms with Crippen molar-refractivity contribution in [1.82, 2.24) is 10.2 Å². The molecule has 32 heavy (non-hydrogen) atoms. The number of aryl methyl sites for hydroxylation is 2.